The van der Waals surface area contributed by atoms with Crippen LogP contribution >= 0.6 is 0 Å². The molecular weight excluding hydrogens is 444 g/mol. The quantitative estimate of drug-likeness (QED) is 0.233. The Balaban J connectivity index is 1.37. The molecule has 3 heteroatoms. The molecule has 3 fully saturated rings. The second-order valence-corrected chi connectivity index (χ2v) is 14.6. The standard InChI is InChI=1S/C33H56O3/c1-22(2)9-8-10-24(5)28-13-14-29-27-12-11-25-21-26(36-31(34)35-20-17-23(3)4)15-18-32(25,6)30(27)16-19-33(28,29)7/h11,22-24,26-30H,8-10,12-21H2,1-7H3/t24-,26-,27+,28-,29+,30+,32-,33-/m0/s1. The molecule has 0 spiro atoms. The summed E-state index contributed by atoms with van der Waals surface area (Å²) in [6.07, 6.45) is 17.2. The molecule has 0 N–H and O–H groups in total. The number of rotatable bonds is 9. The molecule has 0 aliphatic heterocycles. The molecule has 0 heterocycles. The van der Waals surface area contributed by atoms with E-state index in [1.807, 2.05) is 0 Å². The first-order valence-corrected chi connectivity index (χ1v) is 15.6. The van der Waals surface area contributed by atoms with Gasteiger partial charge < -0.3 is 9.47 Å². The largest absolute Gasteiger partial charge is 0.508 e. The fourth-order valence-electron chi connectivity index (χ4n) is 9.30. The van der Waals surface area contributed by atoms with Crippen molar-refractivity contribution in [2.75, 3.05) is 6.61 Å². The Morgan fingerprint density at radius 2 is 1.69 bits per heavy atom. The van der Waals surface area contributed by atoms with Gasteiger partial charge in [0.1, 0.15) is 6.10 Å². The molecule has 8 atom stereocenters. The Morgan fingerprint density at radius 1 is 0.944 bits per heavy atom. The maximum Gasteiger partial charge on any atom is 0.508 e. The predicted octanol–water partition coefficient (Wildman–Crippen LogP) is 9.60. The molecule has 0 amide bonds. The van der Waals surface area contributed by atoms with Crippen molar-refractivity contribution in [1.82, 2.24) is 0 Å². The highest BCUT2D eigenvalue weighted by atomic mass is 16.7. The summed E-state index contributed by atoms with van der Waals surface area (Å²) in [7, 11) is 0. The van der Waals surface area contributed by atoms with Crippen LogP contribution in [0.5, 0.6) is 0 Å². The average molecular weight is 501 g/mol. The van der Waals surface area contributed by atoms with Crippen LogP contribution in [0.25, 0.3) is 0 Å². The van der Waals surface area contributed by atoms with E-state index in [0.29, 0.717) is 23.4 Å². The molecule has 3 saturated carbocycles. The summed E-state index contributed by atoms with van der Waals surface area (Å²) in [5.41, 5.74) is 2.42. The lowest BCUT2D eigenvalue weighted by molar-refractivity contribution is -0.0618. The highest BCUT2D eigenvalue weighted by Crippen LogP contribution is 2.67. The molecule has 0 aromatic heterocycles. The number of allylic oxidation sites excluding steroid dienone is 1. The molecule has 4 aliphatic rings. The van der Waals surface area contributed by atoms with E-state index in [-0.39, 0.29) is 6.10 Å². The molecule has 0 aromatic carbocycles. The predicted molar refractivity (Wildman–Crippen MR) is 149 cm³/mol. The summed E-state index contributed by atoms with van der Waals surface area (Å²) in [6.45, 7) is 17.3. The smallest absolute Gasteiger partial charge is 0.434 e. The minimum absolute atomic E-state index is 0.0103. The van der Waals surface area contributed by atoms with Crippen LogP contribution in [-0.2, 0) is 9.47 Å². The Kier molecular flexibility index (Phi) is 8.88. The van der Waals surface area contributed by atoms with Gasteiger partial charge in [-0.05, 0) is 104 Å². The Morgan fingerprint density at radius 3 is 2.42 bits per heavy atom. The van der Waals surface area contributed by atoms with Gasteiger partial charge in [-0.25, -0.2) is 4.79 Å². The second kappa shape index (κ2) is 11.4. The van der Waals surface area contributed by atoms with Gasteiger partial charge in [-0.15, -0.1) is 0 Å². The zero-order valence-corrected chi connectivity index (χ0v) is 24.6. The Labute approximate surface area is 222 Å². The molecule has 206 valence electrons. The van der Waals surface area contributed by atoms with Crippen LogP contribution in [0, 0.1) is 52.3 Å². The van der Waals surface area contributed by atoms with Crippen molar-refractivity contribution in [3.05, 3.63) is 11.6 Å². The SMILES string of the molecule is CC(C)CCC[C@H](C)[C@@H]1CC[C@@H]2[C@H]3CC=C4C[C@@H](OC(=O)OCCC(C)C)CC[C@]4(C)[C@@H]3CC[C@]21C. The van der Waals surface area contributed by atoms with E-state index in [4.69, 9.17) is 9.47 Å². The van der Waals surface area contributed by atoms with Crippen LogP contribution in [0.3, 0.4) is 0 Å². The first-order chi connectivity index (χ1) is 17.0. The summed E-state index contributed by atoms with van der Waals surface area (Å²) in [5.74, 6) is 5.71. The third kappa shape index (κ3) is 5.70. The zero-order valence-electron chi connectivity index (χ0n) is 24.6. The van der Waals surface area contributed by atoms with Gasteiger partial charge in [0.15, 0.2) is 0 Å². The number of carbonyl (C=O) groups is 1. The highest BCUT2D eigenvalue weighted by molar-refractivity contribution is 5.60. The summed E-state index contributed by atoms with van der Waals surface area (Å²) < 4.78 is 11.1. The third-order valence-corrected chi connectivity index (χ3v) is 11.4. The normalized spacial score (nSPS) is 38.7. The molecule has 0 saturated heterocycles. The van der Waals surface area contributed by atoms with Gasteiger partial charge in [0.25, 0.3) is 0 Å². The summed E-state index contributed by atoms with van der Waals surface area (Å²) in [6, 6.07) is 0. The van der Waals surface area contributed by atoms with Gasteiger partial charge in [0.05, 0.1) is 6.61 Å². The van der Waals surface area contributed by atoms with Crippen molar-refractivity contribution in [2.45, 2.75) is 132 Å². The van der Waals surface area contributed by atoms with E-state index in [9.17, 15) is 4.79 Å². The Hall–Kier alpha value is -0.990. The molecule has 0 bridgehead atoms. The summed E-state index contributed by atoms with van der Waals surface area (Å²) >= 11 is 0. The lowest BCUT2D eigenvalue weighted by Crippen LogP contribution is -2.51. The zero-order chi connectivity index (χ0) is 26.1. The fraction of sp³-hybridized carbons (Fsp3) is 0.909. The van der Waals surface area contributed by atoms with Crippen LogP contribution in [0.2, 0.25) is 0 Å². The van der Waals surface area contributed by atoms with Crippen LogP contribution in [0.15, 0.2) is 11.6 Å². The summed E-state index contributed by atoms with van der Waals surface area (Å²) in [4.78, 5) is 12.2. The molecule has 4 rings (SSSR count). The first kappa shape index (κ1) is 28.0. The van der Waals surface area contributed by atoms with Gasteiger partial charge in [-0.1, -0.05) is 79.4 Å². The van der Waals surface area contributed by atoms with Crippen molar-refractivity contribution in [1.29, 1.82) is 0 Å². The highest BCUT2D eigenvalue weighted by Gasteiger charge is 2.59. The van der Waals surface area contributed by atoms with Crippen LogP contribution in [-0.4, -0.2) is 18.9 Å². The van der Waals surface area contributed by atoms with E-state index < -0.39 is 6.16 Å². The lowest BCUT2D eigenvalue weighted by atomic mass is 9.47. The van der Waals surface area contributed by atoms with E-state index in [2.05, 4.69) is 54.5 Å². The maximum absolute atomic E-state index is 12.2. The van der Waals surface area contributed by atoms with Crippen molar-refractivity contribution in [3.63, 3.8) is 0 Å². The third-order valence-electron chi connectivity index (χ3n) is 11.4. The molecule has 0 radical (unpaired) electrons. The van der Waals surface area contributed by atoms with Gasteiger partial charge >= 0.3 is 6.16 Å². The van der Waals surface area contributed by atoms with Crippen molar-refractivity contribution >= 4 is 6.16 Å². The molecule has 0 unspecified atom stereocenters. The van der Waals surface area contributed by atoms with Crippen LogP contribution in [0.1, 0.15) is 126 Å². The molecule has 4 aliphatic carbocycles. The Bertz CT molecular complexity index is 784. The van der Waals surface area contributed by atoms with E-state index in [0.717, 1.165) is 61.2 Å². The lowest BCUT2D eigenvalue weighted by Gasteiger charge is -2.58. The number of hydrogen-bond donors (Lipinski definition) is 0. The van der Waals surface area contributed by atoms with E-state index >= 15 is 0 Å². The van der Waals surface area contributed by atoms with Crippen LogP contribution in [0.4, 0.5) is 4.79 Å². The van der Waals surface area contributed by atoms with Gasteiger partial charge in [-0.2, -0.15) is 0 Å². The maximum atomic E-state index is 12.2. The molecule has 3 nitrogen and oxygen atoms in total. The monoisotopic (exact) mass is 500 g/mol. The van der Waals surface area contributed by atoms with Gasteiger partial charge in [0.2, 0.25) is 0 Å². The topological polar surface area (TPSA) is 35.5 Å². The van der Waals surface area contributed by atoms with Gasteiger partial charge in [-0.3, -0.25) is 0 Å². The number of carbonyl (C=O) groups excluding carboxylic acids is 1. The summed E-state index contributed by atoms with van der Waals surface area (Å²) in [5, 5.41) is 0. The van der Waals surface area contributed by atoms with Crippen molar-refractivity contribution in [2.24, 2.45) is 52.3 Å². The minimum Gasteiger partial charge on any atom is -0.434 e. The molecule has 0 aromatic rings. The average Bonchev–Trinajstić information content (AvgIpc) is 3.16. The number of hydrogen-bond acceptors (Lipinski definition) is 3. The number of ether oxygens (including phenoxy) is 2. The van der Waals surface area contributed by atoms with Crippen molar-refractivity contribution < 1.29 is 14.3 Å². The molecule has 36 heavy (non-hydrogen) atoms. The van der Waals surface area contributed by atoms with Gasteiger partial charge in [0, 0.05) is 6.42 Å². The van der Waals surface area contributed by atoms with E-state index in [1.54, 1.807) is 5.57 Å². The van der Waals surface area contributed by atoms with Crippen molar-refractivity contribution in [3.8, 4) is 0 Å². The van der Waals surface area contributed by atoms with Crippen LogP contribution < -0.4 is 0 Å². The molecular formula is C33H56O3. The number of fused-ring (bicyclic) bond motifs is 5. The fourth-order valence-corrected chi connectivity index (χ4v) is 9.30. The minimum atomic E-state index is -0.466. The second-order valence-electron chi connectivity index (χ2n) is 14.6. The first-order valence-electron chi connectivity index (χ1n) is 15.6. The van der Waals surface area contributed by atoms with E-state index in [1.165, 1.54) is 51.4 Å².